The van der Waals surface area contributed by atoms with Gasteiger partial charge in [-0.05, 0) is 12.1 Å². The van der Waals surface area contributed by atoms with E-state index < -0.39 is 10.0 Å². The van der Waals surface area contributed by atoms with Crippen LogP contribution >= 0.6 is 23.2 Å². The first-order valence-corrected chi connectivity index (χ1v) is 7.16. The summed E-state index contributed by atoms with van der Waals surface area (Å²) >= 11 is 11.7. The lowest BCUT2D eigenvalue weighted by molar-refractivity contribution is 0.581. The molecule has 8 heteroatoms. The predicted octanol–water partition coefficient (Wildman–Crippen LogP) is 2.19. The number of aromatic nitrogens is 2. The third-order valence-electron chi connectivity index (χ3n) is 2.21. The summed E-state index contributed by atoms with van der Waals surface area (Å²) < 4.78 is 26.5. The van der Waals surface area contributed by atoms with E-state index in [0.717, 1.165) is 0 Å². The molecule has 2 N–H and O–H groups in total. The molecule has 1 aromatic carbocycles. The SMILES string of the molecule is O=S(=O)(NCc1cn[nH]c1)c1c(Cl)cccc1Cl. The molecule has 0 spiro atoms. The lowest BCUT2D eigenvalue weighted by Crippen LogP contribution is -2.23. The van der Waals surface area contributed by atoms with E-state index in [0.29, 0.717) is 5.56 Å². The van der Waals surface area contributed by atoms with Crippen LogP contribution < -0.4 is 4.72 Å². The lowest BCUT2D eigenvalue weighted by Gasteiger charge is -2.08. The van der Waals surface area contributed by atoms with Crippen molar-refractivity contribution in [2.24, 2.45) is 0 Å². The highest BCUT2D eigenvalue weighted by Crippen LogP contribution is 2.28. The summed E-state index contributed by atoms with van der Waals surface area (Å²) in [5.41, 5.74) is 0.710. The van der Waals surface area contributed by atoms with Crippen LogP contribution in [0.5, 0.6) is 0 Å². The van der Waals surface area contributed by atoms with Crippen LogP contribution in [0.2, 0.25) is 10.0 Å². The van der Waals surface area contributed by atoms with Gasteiger partial charge in [-0.3, -0.25) is 5.10 Å². The molecule has 0 aliphatic rings. The third kappa shape index (κ3) is 2.84. The lowest BCUT2D eigenvalue weighted by atomic mass is 10.4. The highest BCUT2D eigenvalue weighted by molar-refractivity contribution is 7.89. The van der Waals surface area contributed by atoms with Gasteiger partial charge in [0.15, 0.2) is 0 Å². The van der Waals surface area contributed by atoms with Gasteiger partial charge in [-0.25, -0.2) is 13.1 Å². The Morgan fingerprint density at radius 2 is 1.94 bits per heavy atom. The molecule has 0 aliphatic heterocycles. The standard InChI is InChI=1S/C10H9Cl2N3O2S/c11-8-2-1-3-9(12)10(8)18(16,17)15-6-7-4-13-14-5-7/h1-5,15H,6H2,(H,13,14). The molecule has 18 heavy (non-hydrogen) atoms. The Morgan fingerprint density at radius 3 is 2.50 bits per heavy atom. The summed E-state index contributed by atoms with van der Waals surface area (Å²) in [5, 5.41) is 6.48. The summed E-state index contributed by atoms with van der Waals surface area (Å²) in [6, 6.07) is 4.53. The molecular weight excluding hydrogens is 297 g/mol. The Kier molecular flexibility index (Phi) is 3.91. The van der Waals surface area contributed by atoms with E-state index in [1.807, 2.05) is 0 Å². The molecular formula is C10H9Cl2N3O2S. The highest BCUT2D eigenvalue weighted by Gasteiger charge is 2.21. The van der Waals surface area contributed by atoms with E-state index in [9.17, 15) is 8.42 Å². The second kappa shape index (κ2) is 5.27. The van der Waals surface area contributed by atoms with E-state index >= 15 is 0 Å². The number of nitrogens with zero attached hydrogens (tertiary/aromatic N) is 1. The van der Waals surface area contributed by atoms with Gasteiger partial charge in [0.05, 0.1) is 16.2 Å². The van der Waals surface area contributed by atoms with Crippen molar-refractivity contribution in [2.75, 3.05) is 0 Å². The maximum Gasteiger partial charge on any atom is 0.243 e. The summed E-state index contributed by atoms with van der Waals surface area (Å²) in [6.45, 7) is 0.111. The molecule has 0 bridgehead atoms. The Labute approximate surface area is 114 Å². The maximum absolute atomic E-state index is 12.1. The van der Waals surface area contributed by atoms with E-state index in [4.69, 9.17) is 23.2 Å². The average Bonchev–Trinajstić information content (AvgIpc) is 2.78. The molecule has 0 aliphatic carbocycles. The molecule has 2 aromatic rings. The minimum absolute atomic E-state index is 0.0854. The predicted molar refractivity (Wildman–Crippen MR) is 69.1 cm³/mol. The van der Waals surface area contributed by atoms with Crippen LogP contribution in [0.1, 0.15) is 5.56 Å². The topological polar surface area (TPSA) is 74.8 Å². The number of H-pyrrole nitrogens is 1. The van der Waals surface area contributed by atoms with Crippen LogP contribution in [0.4, 0.5) is 0 Å². The molecule has 0 saturated carbocycles. The van der Waals surface area contributed by atoms with Crippen molar-refractivity contribution in [1.82, 2.24) is 14.9 Å². The largest absolute Gasteiger partial charge is 0.285 e. The minimum Gasteiger partial charge on any atom is -0.285 e. The van der Waals surface area contributed by atoms with Gasteiger partial charge in [0.2, 0.25) is 10.0 Å². The smallest absolute Gasteiger partial charge is 0.243 e. The van der Waals surface area contributed by atoms with Crippen LogP contribution in [0.3, 0.4) is 0 Å². The van der Waals surface area contributed by atoms with Crippen LogP contribution in [-0.4, -0.2) is 18.6 Å². The van der Waals surface area contributed by atoms with Gasteiger partial charge in [-0.2, -0.15) is 5.10 Å². The summed E-state index contributed by atoms with van der Waals surface area (Å²) in [5.74, 6) is 0. The van der Waals surface area contributed by atoms with Crippen LogP contribution in [0.25, 0.3) is 0 Å². The summed E-state index contributed by atoms with van der Waals surface area (Å²) in [4.78, 5) is -0.114. The fourth-order valence-electron chi connectivity index (χ4n) is 1.36. The van der Waals surface area contributed by atoms with Gasteiger partial charge < -0.3 is 0 Å². The highest BCUT2D eigenvalue weighted by atomic mass is 35.5. The Hall–Kier alpha value is -1.08. The van der Waals surface area contributed by atoms with Gasteiger partial charge in [0.25, 0.3) is 0 Å². The molecule has 5 nitrogen and oxygen atoms in total. The maximum atomic E-state index is 12.1. The van der Waals surface area contributed by atoms with Crippen molar-refractivity contribution in [3.8, 4) is 0 Å². The fraction of sp³-hybridized carbons (Fsp3) is 0.100. The Bertz CT molecular complexity index is 621. The number of aromatic amines is 1. The first-order valence-electron chi connectivity index (χ1n) is 4.92. The van der Waals surface area contributed by atoms with Crippen LogP contribution in [0, 0.1) is 0 Å². The monoisotopic (exact) mass is 305 g/mol. The first-order chi connectivity index (χ1) is 8.50. The van der Waals surface area contributed by atoms with Crippen molar-refractivity contribution in [1.29, 1.82) is 0 Å². The zero-order valence-electron chi connectivity index (χ0n) is 9.02. The number of sulfonamides is 1. The quantitative estimate of drug-likeness (QED) is 0.909. The number of hydrogen-bond donors (Lipinski definition) is 2. The van der Waals surface area contributed by atoms with E-state index in [1.165, 1.54) is 18.3 Å². The summed E-state index contributed by atoms with van der Waals surface area (Å²) in [7, 11) is -3.75. The zero-order valence-corrected chi connectivity index (χ0v) is 11.4. The van der Waals surface area contributed by atoms with E-state index in [1.54, 1.807) is 12.3 Å². The van der Waals surface area contributed by atoms with Crippen molar-refractivity contribution in [3.63, 3.8) is 0 Å². The van der Waals surface area contributed by atoms with Gasteiger partial charge in [-0.15, -0.1) is 0 Å². The normalized spacial score (nSPS) is 11.7. The third-order valence-corrected chi connectivity index (χ3v) is 4.56. The molecule has 0 unspecified atom stereocenters. The Morgan fingerprint density at radius 1 is 1.28 bits per heavy atom. The van der Waals surface area contributed by atoms with Crippen molar-refractivity contribution in [2.45, 2.75) is 11.4 Å². The zero-order chi connectivity index (χ0) is 13.2. The van der Waals surface area contributed by atoms with Crippen LogP contribution in [-0.2, 0) is 16.6 Å². The van der Waals surface area contributed by atoms with Crippen molar-refractivity contribution in [3.05, 3.63) is 46.2 Å². The van der Waals surface area contributed by atoms with E-state index in [-0.39, 0.29) is 21.5 Å². The van der Waals surface area contributed by atoms with Crippen molar-refractivity contribution < 1.29 is 8.42 Å². The second-order valence-electron chi connectivity index (χ2n) is 3.48. The van der Waals surface area contributed by atoms with Gasteiger partial charge >= 0.3 is 0 Å². The molecule has 0 saturated heterocycles. The number of benzene rings is 1. The first kappa shape index (κ1) is 13.4. The van der Waals surface area contributed by atoms with E-state index in [2.05, 4.69) is 14.9 Å². The molecule has 1 aromatic heterocycles. The molecule has 96 valence electrons. The Balaban J connectivity index is 2.26. The molecule has 2 rings (SSSR count). The fourth-order valence-corrected chi connectivity index (χ4v) is 3.52. The van der Waals surface area contributed by atoms with Crippen LogP contribution in [0.15, 0.2) is 35.5 Å². The van der Waals surface area contributed by atoms with Crippen molar-refractivity contribution >= 4 is 33.2 Å². The molecule has 0 radical (unpaired) electrons. The second-order valence-corrected chi connectivity index (χ2v) is 6.00. The number of nitrogens with one attached hydrogen (secondary N) is 2. The molecule has 0 fully saturated rings. The minimum atomic E-state index is -3.75. The number of rotatable bonds is 4. The molecule has 1 heterocycles. The molecule has 0 atom stereocenters. The number of halogens is 2. The average molecular weight is 306 g/mol. The summed E-state index contributed by atoms with van der Waals surface area (Å²) in [6.07, 6.45) is 3.12. The number of hydrogen-bond acceptors (Lipinski definition) is 3. The van der Waals surface area contributed by atoms with Gasteiger partial charge in [-0.1, -0.05) is 29.3 Å². The van der Waals surface area contributed by atoms with Gasteiger partial charge in [0.1, 0.15) is 4.90 Å². The molecule has 0 amide bonds. The van der Waals surface area contributed by atoms with Gasteiger partial charge in [0, 0.05) is 18.3 Å².